The number of carbonyl (C=O) groups excluding carboxylic acids is 2. The average molecular weight is 357 g/mol. The number of ether oxygens (including phenoxy) is 1. The number of hydrogen-bond acceptors (Lipinski definition) is 5. The van der Waals surface area contributed by atoms with E-state index < -0.39 is 6.09 Å². The van der Waals surface area contributed by atoms with Gasteiger partial charge in [-0.2, -0.15) is 5.10 Å². The lowest BCUT2D eigenvalue weighted by Crippen LogP contribution is -2.37. The van der Waals surface area contributed by atoms with Crippen molar-refractivity contribution in [2.24, 2.45) is 5.92 Å². The van der Waals surface area contributed by atoms with Crippen LogP contribution in [0.3, 0.4) is 0 Å². The Kier molecular flexibility index (Phi) is 5.20. The van der Waals surface area contributed by atoms with E-state index in [1.54, 1.807) is 25.4 Å². The zero-order valence-electron chi connectivity index (χ0n) is 15.1. The summed E-state index contributed by atoms with van der Waals surface area (Å²) in [7, 11) is 1.64. The van der Waals surface area contributed by atoms with Crippen LogP contribution in [0.1, 0.15) is 38.3 Å². The van der Waals surface area contributed by atoms with Gasteiger partial charge >= 0.3 is 6.09 Å². The van der Waals surface area contributed by atoms with E-state index in [9.17, 15) is 9.59 Å². The Bertz CT molecular complexity index is 768. The van der Waals surface area contributed by atoms with Crippen molar-refractivity contribution in [1.29, 1.82) is 0 Å². The molecule has 0 radical (unpaired) electrons. The molecule has 1 aliphatic rings. The van der Waals surface area contributed by atoms with Crippen molar-refractivity contribution in [3.63, 3.8) is 0 Å². The molecule has 2 heterocycles. The number of anilines is 2. The molecule has 2 N–H and O–H groups in total. The van der Waals surface area contributed by atoms with Crippen LogP contribution >= 0.6 is 0 Å². The molecule has 138 valence electrons. The number of amides is 2. The summed E-state index contributed by atoms with van der Waals surface area (Å²) in [5, 5.41) is 9.86. The molecule has 1 saturated carbocycles. The van der Waals surface area contributed by atoms with Crippen molar-refractivity contribution in [2.75, 3.05) is 17.3 Å². The van der Waals surface area contributed by atoms with Gasteiger partial charge in [-0.05, 0) is 25.0 Å². The van der Waals surface area contributed by atoms with E-state index >= 15 is 0 Å². The van der Waals surface area contributed by atoms with Crippen molar-refractivity contribution in [1.82, 2.24) is 15.2 Å². The number of rotatable bonds is 5. The van der Waals surface area contributed by atoms with Gasteiger partial charge in [0.1, 0.15) is 17.7 Å². The summed E-state index contributed by atoms with van der Waals surface area (Å²) in [5.74, 6) is 1.21. The minimum absolute atomic E-state index is 0.0572. The molecule has 2 aromatic rings. The molecule has 0 aromatic carbocycles. The zero-order valence-corrected chi connectivity index (χ0v) is 15.1. The highest BCUT2D eigenvalue weighted by molar-refractivity contribution is 5.91. The smallest absolute Gasteiger partial charge is 0.415 e. The Labute approximate surface area is 151 Å². The van der Waals surface area contributed by atoms with Gasteiger partial charge in [-0.3, -0.25) is 14.8 Å². The maximum Gasteiger partial charge on any atom is 0.415 e. The van der Waals surface area contributed by atoms with E-state index in [4.69, 9.17) is 4.74 Å². The normalized spacial score (nSPS) is 18.9. The highest BCUT2D eigenvalue weighted by Gasteiger charge is 2.35. The first-order valence-corrected chi connectivity index (χ1v) is 8.65. The molecule has 2 amide bonds. The molecule has 0 atom stereocenters. The number of pyridine rings is 1. The SMILES string of the molecule is CC(C)C(=O)Nc1cc(C2CC(OC(=O)N(C)c3ccccn3)C2)n[nH]1. The predicted molar refractivity (Wildman–Crippen MR) is 96.9 cm³/mol. The Morgan fingerprint density at radius 2 is 2.12 bits per heavy atom. The van der Waals surface area contributed by atoms with Crippen LogP contribution in [-0.2, 0) is 9.53 Å². The summed E-state index contributed by atoms with van der Waals surface area (Å²) in [6.07, 6.45) is 2.50. The quantitative estimate of drug-likeness (QED) is 0.857. The van der Waals surface area contributed by atoms with E-state index in [1.807, 2.05) is 26.0 Å². The van der Waals surface area contributed by atoms with Gasteiger partial charge in [0.05, 0.1) is 5.69 Å². The third-order valence-electron chi connectivity index (χ3n) is 4.43. The maximum absolute atomic E-state index is 12.2. The summed E-state index contributed by atoms with van der Waals surface area (Å²) in [4.78, 5) is 29.4. The van der Waals surface area contributed by atoms with Gasteiger partial charge in [0.2, 0.25) is 5.91 Å². The van der Waals surface area contributed by atoms with Crippen molar-refractivity contribution in [3.8, 4) is 0 Å². The molecule has 0 unspecified atom stereocenters. The molecule has 0 aliphatic heterocycles. The highest BCUT2D eigenvalue weighted by Crippen LogP contribution is 2.38. The average Bonchev–Trinajstić information content (AvgIpc) is 3.05. The van der Waals surface area contributed by atoms with Gasteiger partial charge in [0, 0.05) is 31.1 Å². The molecule has 2 aromatic heterocycles. The fourth-order valence-electron chi connectivity index (χ4n) is 2.66. The van der Waals surface area contributed by atoms with Crippen LogP contribution < -0.4 is 10.2 Å². The van der Waals surface area contributed by atoms with E-state index in [2.05, 4.69) is 20.5 Å². The maximum atomic E-state index is 12.2. The second kappa shape index (κ2) is 7.55. The Morgan fingerprint density at radius 3 is 2.77 bits per heavy atom. The number of nitrogens with one attached hydrogen (secondary N) is 2. The highest BCUT2D eigenvalue weighted by atomic mass is 16.6. The Balaban J connectivity index is 1.48. The van der Waals surface area contributed by atoms with Crippen molar-refractivity contribution >= 4 is 23.6 Å². The second-order valence-electron chi connectivity index (χ2n) is 6.77. The predicted octanol–water partition coefficient (Wildman–Crippen LogP) is 2.92. The molecule has 1 fully saturated rings. The number of nitrogens with zero attached hydrogens (tertiary/aromatic N) is 3. The van der Waals surface area contributed by atoms with E-state index in [1.165, 1.54) is 4.90 Å². The number of aromatic nitrogens is 3. The summed E-state index contributed by atoms with van der Waals surface area (Å²) in [6, 6.07) is 7.20. The lowest BCUT2D eigenvalue weighted by Gasteiger charge is -2.34. The summed E-state index contributed by atoms with van der Waals surface area (Å²) >= 11 is 0. The van der Waals surface area contributed by atoms with Crippen LogP contribution in [0.5, 0.6) is 0 Å². The van der Waals surface area contributed by atoms with Crippen molar-refractivity contribution in [3.05, 3.63) is 36.2 Å². The molecule has 26 heavy (non-hydrogen) atoms. The topological polar surface area (TPSA) is 100 Å². The fourth-order valence-corrected chi connectivity index (χ4v) is 2.66. The van der Waals surface area contributed by atoms with Crippen LogP contribution in [0.4, 0.5) is 16.4 Å². The number of aromatic amines is 1. The van der Waals surface area contributed by atoms with Gasteiger partial charge in [0.25, 0.3) is 0 Å². The first kappa shape index (κ1) is 17.9. The zero-order chi connectivity index (χ0) is 18.7. The molecular weight excluding hydrogens is 334 g/mol. The van der Waals surface area contributed by atoms with Gasteiger partial charge in [0.15, 0.2) is 0 Å². The first-order valence-electron chi connectivity index (χ1n) is 8.65. The molecule has 3 rings (SSSR count). The monoisotopic (exact) mass is 357 g/mol. The largest absolute Gasteiger partial charge is 0.446 e. The van der Waals surface area contributed by atoms with Gasteiger partial charge in [-0.25, -0.2) is 9.78 Å². The van der Waals surface area contributed by atoms with E-state index in [-0.39, 0.29) is 23.8 Å². The number of H-pyrrole nitrogens is 1. The molecule has 0 saturated heterocycles. The third-order valence-corrected chi connectivity index (χ3v) is 4.43. The Morgan fingerprint density at radius 1 is 1.35 bits per heavy atom. The summed E-state index contributed by atoms with van der Waals surface area (Å²) in [5.41, 5.74) is 0.870. The molecular formula is C18H23N5O3. The van der Waals surface area contributed by atoms with Gasteiger partial charge in [-0.1, -0.05) is 19.9 Å². The second-order valence-corrected chi connectivity index (χ2v) is 6.77. The molecule has 0 bridgehead atoms. The minimum Gasteiger partial charge on any atom is -0.446 e. The molecule has 8 heteroatoms. The fraction of sp³-hybridized carbons (Fsp3) is 0.444. The lowest BCUT2D eigenvalue weighted by atomic mass is 9.80. The van der Waals surface area contributed by atoms with Crippen LogP contribution in [0.2, 0.25) is 0 Å². The van der Waals surface area contributed by atoms with Crippen LogP contribution in [-0.4, -0.2) is 40.3 Å². The summed E-state index contributed by atoms with van der Waals surface area (Å²) in [6.45, 7) is 3.67. The number of hydrogen-bond donors (Lipinski definition) is 2. The lowest BCUT2D eigenvalue weighted by molar-refractivity contribution is -0.118. The number of carbonyl (C=O) groups is 2. The molecule has 1 aliphatic carbocycles. The van der Waals surface area contributed by atoms with Crippen molar-refractivity contribution < 1.29 is 14.3 Å². The van der Waals surface area contributed by atoms with E-state index in [0.717, 1.165) is 5.69 Å². The van der Waals surface area contributed by atoms with Gasteiger partial charge in [-0.15, -0.1) is 0 Å². The van der Waals surface area contributed by atoms with Gasteiger partial charge < -0.3 is 10.1 Å². The standard InChI is InChI=1S/C18H23N5O3/c1-11(2)17(24)20-15-10-14(21-22-15)12-8-13(9-12)26-18(25)23(3)16-6-4-5-7-19-16/h4-7,10-13H,8-9H2,1-3H3,(H2,20,21,22,24). The van der Waals surface area contributed by atoms with Crippen molar-refractivity contribution in [2.45, 2.75) is 38.7 Å². The van der Waals surface area contributed by atoms with Crippen LogP contribution in [0.15, 0.2) is 30.5 Å². The van der Waals surface area contributed by atoms with E-state index in [0.29, 0.717) is 24.5 Å². The summed E-state index contributed by atoms with van der Waals surface area (Å²) < 4.78 is 5.50. The minimum atomic E-state index is -0.418. The van der Waals surface area contributed by atoms with Crippen LogP contribution in [0, 0.1) is 5.92 Å². The molecule has 8 nitrogen and oxygen atoms in total. The Hall–Kier alpha value is -2.90. The van der Waals surface area contributed by atoms with Crippen LogP contribution in [0.25, 0.3) is 0 Å². The first-order chi connectivity index (χ1) is 12.4. The molecule has 0 spiro atoms. The third kappa shape index (κ3) is 4.01.